The van der Waals surface area contributed by atoms with Crippen molar-refractivity contribution in [1.82, 2.24) is 5.32 Å². The van der Waals surface area contributed by atoms with Gasteiger partial charge in [-0.2, -0.15) is 0 Å². The van der Waals surface area contributed by atoms with Crippen LogP contribution >= 0.6 is 11.8 Å². The summed E-state index contributed by atoms with van der Waals surface area (Å²) in [6.07, 6.45) is 8.53. The number of ether oxygens (including phenoxy) is 1. The van der Waals surface area contributed by atoms with Gasteiger partial charge >= 0.3 is 5.63 Å². The molecule has 9 heteroatoms. The molecule has 0 aromatic carbocycles. The zero-order valence-electron chi connectivity index (χ0n) is 19.1. The topological polar surface area (TPSA) is 102 Å². The molecule has 0 bridgehead atoms. The first-order chi connectivity index (χ1) is 15.3. The van der Waals surface area contributed by atoms with Crippen LogP contribution in [0.25, 0.3) is 0 Å². The van der Waals surface area contributed by atoms with Crippen LogP contribution < -0.4 is 15.7 Å². The Hall–Kier alpha value is -2.73. The highest BCUT2D eigenvalue weighted by atomic mass is 32.2. The van der Waals surface area contributed by atoms with Gasteiger partial charge in [-0.25, -0.2) is 4.79 Å². The number of terminal acetylenes is 1. The highest BCUT2D eigenvalue weighted by molar-refractivity contribution is 8.16. The van der Waals surface area contributed by atoms with Crippen molar-refractivity contribution in [1.29, 1.82) is 0 Å². The molecule has 174 valence electrons. The van der Waals surface area contributed by atoms with E-state index in [1.54, 1.807) is 13.0 Å². The quantitative estimate of drug-likeness (QED) is 0.220. The van der Waals surface area contributed by atoms with Crippen LogP contribution in [0, 0.1) is 12.3 Å². The minimum atomic E-state index is -0.968. The number of aliphatic imine (C=N–C) groups is 1. The molecule has 1 aliphatic heterocycles. The standard InChI is InChI=1S/C23H31N3O5S/c1-6-9-12-30-26-16(4)21-25-23(5,15-32-21)22(28)24-18(10-7-2)19-13-17(29-11-8-3)14-20(27)31-19/h3,13-14,18H,6-7,9-12,15H2,1-2,4-5H3,(H,24,28)/b26-16+/t18-,23?/m1/s1. The number of nitrogens with one attached hydrogen (secondary N) is 1. The third-order valence-electron chi connectivity index (χ3n) is 4.74. The summed E-state index contributed by atoms with van der Waals surface area (Å²) in [5, 5.41) is 7.78. The Morgan fingerprint density at radius 1 is 1.44 bits per heavy atom. The van der Waals surface area contributed by atoms with Gasteiger partial charge in [0.2, 0.25) is 5.91 Å². The molecule has 2 rings (SSSR count). The van der Waals surface area contributed by atoms with E-state index >= 15 is 0 Å². The van der Waals surface area contributed by atoms with E-state index in [-0.39, 0.29) is 12.5 Å². The second-order valence-corrected chi connectivity index (χ2v) is 8.63. The Kier molecular flexibility index (Phi) is 9.85. The molecule has 0 saturated heterocycles. The number of hydrogen-bond acceptors (Lipinski definition) is 8. The lowest BCUT2D eigenvalue weighted by Crippen LogP contribution is -2.45. The van der Waals surface area contributed by atoms with Crippen molar-refractivity contribution < 1.29 is 18.8 Å². The summed E-state index contributed by atoms with van der Waals surface area (Å²) < 4.78 is 10.7. The van der Waals surface area contributed by atoms with Crippen molar-refractivity contribution in [2.24, 2.45) is 10.1 Å². The van der Waals surface area contributed by atoms with Crippen molar-refractivity contribution in [2.75, 3.05) is 19.0 Å². The van der Waals surface area contributed by atoms with Crippen LogP contribution in [0.4, 0.5) is 0 Å². The maximum atomic E-state index is 13.2. The van der Waals surface area contributed by atoms with E-state index in [4.69, 9.17) is 20.4 Å². The second-order valence-electron chi connectivity index (χ2n) is 7.66. The molecule has 0 spiro atoms. The summed E-state index contributed by atoms with van der Waals surface area (Å²) in [5.74, 6) is 3.21. The monoisotopic (exact) mass is 461 g/mol. The van der Waals surface area contributed by atoms with Crippen LogP contribution in [0.5, 0.6) is 5.75 Å². The molecule has 1 aromatic rings. The summed E-state index contributed by atoms with van der Waals surface area (Å²) >= 11 is 1.47. The lowest BCUT2D eigenvalue weighted by Gasteiger charge is -2.24. The first-order valence-corrected chi connectivity index (χ1v) is 11.7. The van der Waals surface area contributed by atoms with E-state index in [1.807, 2.05) is 13.8 Å². The van der Waals surface area contributed by atoms with Gasteiger partial charge in [-0.1, -0.05) is 37.8 Å². The summed E-state index contributed by atoms with van der Waals surface area (Å²) in [7, 11) is 0. The molecule has 8 nitrogen and oxygen atoms in total. The molecule has 0 radical (unpaired) electrons. The molecule has 0 fully saturated rings. The van der Waals surface area contributed by atoms with Crippen molar-refractivity contribution in [3.8, 4) is 18.1 Å². The largest absolute Gasteiger partial charge is 0.481 e. The van der Waals surface area contributed by atoms with Crippen LogP contribution in [0.15, 0.2) is 31.5 Å². The van der Waals surface area contributed by atoms with E-state index in [1.165, 1.54) is 17.8 Å². The molecular formula is C23H31N3O5S. The van der Waals surface area contributed by atoms with Crippen LogP contribution in [-0.2, 0) is 9.63 Å². The Labute approximate surface area is 193 Å². The number of thioether (sulfide) groups is 1. The third kappa shape index (κ3) is 7.16. The summed E-state index contributed by atoms with van der Waals surface area (Å²) in [6, 6.07) is 2.31. The minimum absolute atomic E-state index is 0.0313. The van der Waals surface area contributed by atoms with Crippen molar-refractivity contribution in [3.63, 3.8) is 0 Å². The van der Waals surface area contributed by atoms with Gasteiger partial charge in [-0.05, 0) is 26.7 Å². The van der Waals surface area contributed by atoms with Gasteiger partial charge < -0.3 is 19.3 Å². The van der Waals surface area contributed by atoms with Gasteiger partial charge in [0.05, 0.1) is 12.1 Å². The SMILES string of the molecule is C#CCOc1cc([C@@H](CCC)NC(=O)C2(C)CSC(/C(C)=N/OCCCC)=N2)oc(=O)c1. The van der Waals surface area contributed by atoms with Gasteiger partial charge in [0.25, 0.3) is 0 Å². The van der Waals surface area contributed by atoms with Crippen molar-refractivity contribution in [3.05, 3.63) is 28.3 Å². The molecule has 2 atom stereocenters. The van der Waals surface area contributed by atoms with Crippen LogP contribution in [0.2, 0.25) is 0 Å². The Morgan fingerprint density at radius 2 is 2.22 bits per heavy atom. The van der Waals surface area contributed by atoms with E-state index in [0.29, 0.717) is 41.0 Å². The predicted molar refractivity (Wildman–Crippen MR) is 127 cm³/mol. The highest BCUT2D eigenvalue weighted by Gasteiger charge is 2.40. The lowest BCUT2D eigenvalue weighted by molar-refractivity contribution is -0.125. The molecule has 1 aliphatic rings. The molecule has 0 aliphatic carbocycles. The number of unbranched alkanes of at least 4 members (excludes halogenated alkanes) is 1. The maximum Gasteiger partial charge on any atom is 0.339 e. The van der Waals surface area contributed by atoms with Gasteiger partial charge in [0.1, 0.15) is 41.0 Å². The van der Waals surface area contributed by atoms with E-state index in [2.05, 4.69) is 28.3 Å². The van der Waals surface area contributed by atoms with Gasteiger partial charge in [0.15, 0.2) is 0 Å². The molecule has 1 aromatic heterocycles. The number of hydrogen-bond donors (Lipinski definition) is 1. The van der Waals surface area contributed by atoms with E-state index < -0.39 is 17.2 Å². The number of amides is 1. The average molecular weight is 462 g/mol. The number of rotatable bonds is 12. The molecule has 1 unspecified atom stereocenters. The molecule has 0 saturated carbocycles. The predicted octanol–water partition coefficient (Wildman–Crippen LogP) is 3.71. The van der Waals surface area contributed by atoms with E-state index in [9.17, 15) is 9.59 Å². The van der Waals surface area contributed by atoms with Crippen LogP contribution in [0.3, 0.4) is 0 Å². The normalized spacial score (nSPS) is 19.1. The zero-order chi connectivity index (χ0) is 23.6. The third-order valence-corrected chi connectivity index (χ3v) is 6.11. The summed E-state index contributed by atoms with van der Waals surface area (Å²) in [4.78, 5) is 35.1. The first-order valence-electron chi connectivity index (χ1n) is 10.7. The lowest BCUT2D eigenvalue weighted by atomic mass is 10.0. The fourth-order valence-electron chi connectivity index (χ4n) is 2.93. The smallest absolute Gasteiger partial charge is 0.339 e. The second kappa shape index (κ2) is 12.3. The van der Waals surface area contributed by atoms with Crippen LogP contribution in [-0.4, -0.2) is 41.2 Å². The number of oxime groups is 1. The molecule has 32 heavy (non-hydrogen) atoms. The molecule has 2 heterocycles. The Morgan fingerprint density at radius 3 is 2.91 bits per heavy atom. The summed E-state index contributed by atoms with van der Waals surface area (Å²) in [5.41, 5.74) is -0.885. The van der Waals surface area contributed by atoms with Crippen LogP contribution in [0.1, 0.15) is 65.2 Å². The maximum absolute atomic E-state index is 13.2. The number of nitrogens with zero attached hydrogens (tertiary/aromatic N) is 2. The molecular weight excluding hydrogens is 430 g/mol. The van der Waals surface area contributed by atoms with Gasteiger partial charge in [0, 0.05) is 11.8 Å². The molecule has 1 N–H and O–H groups in total. The van der Waals surface area contributed by atoms with Crippen molar-refractivity contribution >= 4 is 28.4 Å². The Bertz CT molecular complexity index is 950. The average Bonchev–Trinajstić information content (AvgIpc) is 3.18. The van der Waals surface area contributed by atoms with Gasteiger partial charge in [-0.15, -0.1) is 18.2 Å². The number of carbonyl (C=O) groups is 1. The van der Waals surface area contributed by atoms with Gasteiger partial charge in [-0.3, -0.25) is 9.79 Å². The number of carbonyl (C=O) groups excluding carboxylic acids is 1. The molecule has 1 amide bonds. The minimum Gasteiger partial charge on any atom is -0.481 e. The van der Waals surface area contributed by atoms with E-state index in [0.717, 1.165) is 19.3 Å². The first kappa shape index (κ1) is 25.5. The van der Waals surface area contributed by atoms with Crippen molar-refractivity contribution in [2.45, 2.75) is 65.0 Å². The fourth-order valence-corrected chi connectivity index (χ4v) is 4.06. The highest BCUT2D eigenvalue weighted by Crippen LogP contribution is 2.30. The fraction of sp³-hybridized carbons (Fsp3) is 0.565. The summed E-state index contributed by atoms with van der Waals surface area (Å²) in [6.45, 7) is 8.24. The zero-order valence-corrected chi connectivity index (χ0v) is 19.9. The Balaban J connectivity index is 2.16.